The molecule has 0 spiro atoms. The van der Waals surface area contributed by atoms with E-state index in [2.05, 4.69) is 0 Å². The third-order valence-electron chi connectivity index (χ3n) is 2.62. The summed E-state index contributed by atoms with van der Waals surface area (Å²) in [6, 6.07) is -0.157. The van der Waals surface area contributed by atoms with Crippen LogP contribution < -0.4 is 5.73 Å². The van der Waals surface area contributed by atoms with Crippen LogP contribution >= 0.6 is 0 Å². The molecule has 2 nitrogen and oxygen atoms in total. The van der Waals surface area contributed by atoms with Crippen LogP contribution in [0.25, 0.3) is 0 Å². The number of rotatable bonds is 5. The SMILES string of the molecule is NC(CCCC(F)(F)F)CC1CCCO1. The molecule has 0 aromatic carbocycles. The second-order valence-electron chi connectivity index (χ2n) is 4.14. The molecular weight excluding hydrogens is 207 g/mol. The summed E-state index contributed by atoms with van der Waals surface area (Å²) in [5.74, 6) is 0. The summed E-state index contributed by atoms with van der Waals surface area (Å²) in [4.78, 5) is 0. The van der Waals surface area contributed by atoms with Gasteiger partial charge < -0.3 is 10.5 Å². The van der Waals surface area contributed by atoms with Crippen molar-refractivity contribution < 1.29 is 17.9 Å². The lowest BCUT2D eigenvalue weighted by molar-refractivity contribution is -0.135. The summed E-state index contributed by atoms with van der Waals surface area (Å²) in [6.45, 7) is 0.764. The molecule has 5 heteroatoms. The molecule has 0 aromatic rings. The Bertz CT molecular complexity index is 178. The van der Waals surface area contributed by atoms with E-state index >= 15 is 0 Å². The number of alkyl halides is 3. The molecule has 0 saturated carbocycles. The summed E-state index contributed by atoms with van der Waals surface area (Å²) in [5.41, 5.74) is 5.74. The molecule has 0 bridgehead atoms. The molecule has 0 aromatic heterocycles. The van der Waals surface area contributed by atoms with Crippen LogP contribution in [0.5, 0.6) is 0 Å². The fourth-order valence-corrected chi connectivity index (χ4v) is 1.85. The van der Waals surface area contributed by atoms with E-state index in [-0.39, 0.29) is 18.6 Å². The van der Waals surface area contributed by atoms with Gasteiger partial charge in [0.25, 0.3) is 0 Å². The Morgan fingerprint density at radius 2 is 2.13 bits per heavy atom. The fourth-order valence-electron chi connectivity index (χ4n) is 1.85. The Morgan fingerprint density at radius 3 is 2.67 bits per heavy atom. The lowest BCUT2D eigenvalue weighted by Crippen LogP contribution is -2.26. The minimum Gasteiger partial charge on any atom is -0.378 e. The summed E-state index contributed by atoms with van der Waals surface area (Å²) in [6.07, 6.45) is -1.33. The predicted octanol–water partition coefficient (Wildman–Crippen LogP) is 2.62. The predicted molar refractivity (Wildman–Crippen MR) is 51.5 cm³/mol. The van der Waals surface area contributed by atoms with Crippen molar-refractivity contribution in [3.63, 3.8) is 0 Å². The van der Waals surface area contributed by atoms with Gasteiger partial charge in [-0.25, -0.2) is 0 Å². The van der Waals surface area contributed by atoms with E-state index in [0.717, 1.165) is 19.4 Å². The Morgan fingerprint density at radius 1 is 1.40 bits per heavy atom. The van der Waals surface area contributed by atoms with Crippen molar-refractivity contribution in [1.82, 2.24) is 0 Å². The maximum Gasteiger partial charge on any atom is 0.389 e. The third kappa shape index (κ3) is 5.99. The molecule has 2 unspecified atom stereocenters. The first-order valence-electron chi connectivity index (χ1n) is 5.41. The van der Waals surface area contributed by atoms with Crippen LogP contribution in [0.3, 0.4) is 0 Å². The Hall–Kier alpha value is -0.290. The van der Waals surface area contributed by atoms with E-state index in [4.69, 9.17) is 10.5 Å². The Balaban J connectivity index is 2.05. The molecule has 0 aliphatic carbocycles. The molecule has 15 heavy (non-hydrogen) atoms. The standard InChI is InChI=1S/C10H18F3NO/c11-10(12,13)5-1-3-8(14)7-9-4-2-6-15-9/h8-9H,1-7,14H2. The first-order valence-corrected chi connectivity index (χ1v) is 5.41. The first-order chi connectivity index (χ1) is 6.97. The van der Waals surface area contributed by atoms with E-state index in [1.807, 2.05) is 0 Å². The summed E-state index contributed by atoms with van der Waals surface area (Å²) < 4.78 is 40.9. The zero-order chi connectivity index (χ0) is 11.3. The Kier molecular flexibility index (Phi) is 4.86. The van der Waals surface area contributed by atoms with Gasteiger partial charge in [-0.05, 0) is 32.1 Å². The second kappa shape index (κ2) is 5.70. The van der Waals surface area contributed by atoms with E-state index in [9.17, 15) is 13.2 Å². The lowest BCUT2D eigenvalue weighted by Gasteiger charge is -2.16. The van der Waals surface area contributed by atoms with Crippen molar-refractivity contribution in [3.8, 4) is 0 Å². The van der Waals surface area contributed by atoms with Gasteiger partial charge in [0.05, 0.1) is 6.10 Å². The average Bonchev–Trinajstić information content (AvgIpc) is 2.54. The molecular formula is C10H18F3NO. The van der Waals surface area contributed by atoms with Crippen molar-refractivity contribution in [2.24, 2.45) is 5.73 Å². The Labute approximate surface area is 88.0 Å². The lowest BCUT2D eigenvalue weighted by atomic mass is 10.0. The van der Waals surface area contributed by atoms with Crippen LogP contribution in [0.1, 0.15) is 38.5 Å². The van der Waals surface area contributed by atoms with Gasteiger partial charge in [0, 0.05) is 19.1 Å². The highest BCUT2D eigenvalue weighted by atomic mass is 19.4. The van der Waals surface area contributed by atoms with Crippen LogP contribution in [-0.4, -0.2) is 24.9 Å². The van der Waals surface area contributed by atoms with Crippen molar-refractivity contribution >= 4 is 0 Å². The molecule has 1 aliphatic rings. The summed E-state index contributed by atoms with van der Waals surface area (Å²) in [5, 5.41) is 0. The topological polar surface area (TPSA) is 35.2 Å². The highest BCUT2D eigenvalue weighted by Crippen LogP contribution is 2.24. The molecule has 1 saturated heterocycles. The van der Waals surface area contributed by atoms with E-state index in [1.165, 1.54) is 0 Å². The van der Waals surface area contributed by atoms with Crippen LogP contribution in [-0.2, 0) is 4.74 Å². The van der Waals surface area contributed by atoms with Crippen LogP contribution in [0, 0.1) is 0 Å². The van der Waals surface area contributed by atoms with Crippen molar-refractivity contribution in [1.29, 1.82) is 0 Å². The van der Waals surface area contributed by atoms with Crippen molar-refractivity contribution in [2.75, 3.05) is 6.61 Å². The van der Waals surface area contributed by atoms with Gasteiger partial charge >= 0.3 is 6.18 Å². The van der Waals surface area contributed by atoms with Gasteiger partial charge in [-0.3, -0.25) is 0 Å². The number of halogens is 3. The van der Waals surface area contributed by atoms with Gasteiger partial charge in [-0.2, -0.15) is 13.2 Å². The number of hydrogen-bond acceptors (Lipinski definition) is 2. The van der Waals surface area contributed by atoms with Gasteiger partial charge in [0.1, 0.15) is 0 Å². The molecule has 0 radical (unpaired) electrons. The van der Waals surface area contributed by atoms with E-state index in [0.29, 0.717) is 12.8 Å². The normalized spacial score (nSPS) is 24.4. The molecule has 90 valence electrons. The summed E-state index contributed by atoms with van der Waals surface area (Å²) >= 11 is 0. The zero-order valence-electron chi connectivity index (χ0n) is 8.72. The minimum absolute atomic E-state index is 0.122. The zero-order valence-corrected chi connectivity index (χ0v) is 8.72. The molecule has 1 rings (SSSR count). The van der Waals surface area contributed by atoms with Crippen molar-refractivity contribution in [3.05, 3.63) is 0 Å². The maximum absolute atomic E-state index is 11.8. The van der Waals surface area contributed by atoms with Gasteiger partial charge in [-0.15, -0.1) is 0 Å². The first kappa shape index (κ1) is 12.8. The van der Waals surface area contributed by atoms with Gasteiger partial charge in [-0.1, -0.05) is 0 Å². The van der Waals surface area contributed by atoms with Crippen LogP contribution in [0.2, 0.25) is 0 Å². The molecule has 1 fully saturated rings. The smallest absolute Gasteiger partial charge is 0.378 e. The maximum atomic E-state index is 11.8. The molecule has 1 aliphatic heterocycles. The monoisotopic (exact) mass is 225 g/mol. The number of nitrogens with two attached hydrogens (primary N) is 1. The van der Waals surface area contributed by atoms with Crippen molar-refractivity contribution in [2.45, 2.75) is 56.8 Å². The molecule has 2 N–H and O–H groups in total. The van der Waals surface area contributed by atoms with E-state index < -0.39 is 12.6 Å². The highest BCUT2D eigenvalue weighted by Gasteiger charge is 2.27. The van der Waals surface area contributed by atoms with Gasteiger partial charge in [0.2, 0.25) is 0 Å². The molecule has 0 amide bonds. The fraction of sp³-hybridized carbons (Fsp3) is 1.00. The quantitative estimate of drug-likeness (QED) is 0.780. The minimum atomic E-state index is -4.05. The largest absolute Gasteiger partial charge is 0.389 e. The average molecular weight is 225 g/mol. The summed E-state index contributed by atoms with van der Waals surface area (Å²) in [7, 11) is 0. The number of hydrogen-bond donors (Lipinski definition) is 1. The van der Waals surface area contributed by atoms with E-state index in [1.54, 1.807) is 0 Å². The van der Waals surface area contributed by atoms with Crippen LogP contribution in [0.15, 0.2) is 0 Å². The third-order valence-corrected chi connectivity index (χ3v) is 2.62. The van der Waals surface area contributed by atoms with Crippen LogP contribution in [0.4, 0.5) is 13.2 Å². The molecule has 1 heterocycles. The second-order valence-corrected chi connectivity index (χ2v) is 4.14. The molecule has 2 atom stereocenters. The number of ether oxygens (including phenoxy) is 1. The van der Waals surface area contributed by atoms with Gasteiger partial charge in [0.15, 0.2) is 0 Å². The highest BCUT2D eigenvalue weighted by molar-refractivity contribution is 4.72.